The van der Waals surface area contributed by atoms with Crippen LogP contribution in [0.3, 0.4) is 0 Å². The van der Waals surface area contributed by atoms with E-state index in [0.29, 0.717) is 52.0 Å². The number of aromatic hydroxyl groups is 9. The molecule has 0 aliphatic carbocycles. The Balaban J connectivity index is 0. The van der Waals surface area contributed by atoms with Gasteiger partial charge in [0.2, 0.25) is 24.1 Å². The Morgan fingerprint density at radius 2 is 0.742 bits per heavy atom. The number of aldehydes is 2. The smallest absolute Gasteiger partial charge is 0.373 e. The zero-order valence-electron chi connectivity index (χ0n) is 67.9. The Morgan fingerprint density at radius 1 is 0.395 bits per heavy atom. The van der Waals surface area contributed by atoms with E-state index in [9.17, 15) is 104 Å². The Bertz CT molecular complexity index is 5120. The molecule has 0 heterocycles. The zero-order valence-corrected chi connectivity index (χ0v) is 67.9. The van der Waals surface area contributed by atoms with E-state index in [2.05, 4.69) is 14.4 Å². The third-order valence-electron chi connectivity index (χ3n) is 14.5. The number of aryl methyl sites for hydroxylation is 3. The molecule has 0 radical (unpaired) electrons. The Labute approximate surface area is 702 Å². The lowest BCUT2D eigenvalue weighted by atomic mass is 10.0. The van der Waals surface area contributed by atoms with E-state index < -0.39 is 78.7 Å². The largest absolute Gasteiger partial charge is 0.508 e. The van der Waals surface area contributed by atoms with Gasteiger partial charge in [-0.1, -0.05) is 6.92 Å². The molecule has 43 nitrogen and oxygen atoms in total. The van der Waals surface area contributed by atoms with Gasteiger partial charge in [0.05, 0.1) is 93.4 Å². The summed E-state index contributed by atoms with van der Waals surface area (Å²) in [5, 5.41) is 147. The van der Waals surface area contributed by atoms with Crippen molar-refractivity contribution >= 4 is 82.8 Å². The van der Waals surface area contributed by atoms with Crippen LogP contribution in [-0.4, -0.2) is 204 Å². The molecule has 0 saturated carbocycles. The fourth-order valence-corrected chi connectivity index (χ4v) is 8.44. The highest BCUT2D eigenvalue weighted by Gasteiger charge is 2.25. The van der Waals surface area contributed by atoms with Crippen molar-refractivity contribution < 1.29 is 182 Å². The summed E-state index contributed by atoms with van der Waals surface area (Å²) in [4.78, 5) is 155. The van der Waals surface area contributed by atoms with Gasteiger partial charge in [0.1, 0.15) is 24.1 Å². The fourth-order valence-electron chi connectivity index (χ4n) is 8.44. The second-order valence-electron chi connectivity index (χ2n) is 23.2. The van der Waals surface area contributed by atoms with Crippen molar-refractivity contribution in [3.63, 3.8) is 0 Å². The van der Waals surface area contributed by atoms with E-state index >= 15 is 0 Å². The van der Waals surface area contributed by atoms with Crippen LogP contribution in [0.4, 0.5) is 17.1 Å². The number of carboxylic acids is 3. The zero-order chi connectivity index (χ0) is 95.4. The van der Waals surface area contributed by atoms with Crippen molar-refractivity contribution in [2.45, 2.75) is 54.4 Å². The van der Waals surface area contributed by atoms with E-state index in [1.54, 1.807) is 26.8 Å². The number of nitro groups is 3. The molecule has 0 atom stereocenters. The lowest BCUT2D eigenvalue weighted by Gasteiger charge is -2.07. The summed E-state index contributed by atoms with van der Waals surface area (Å²) in [5.74, 6) is -5.31. The van der Waals surface area contributed by atoms with Crippen LogP contribution in [0, 0.1) is 51.1 Å². The van der Waals surface area contributed by atoms with Crippen molar-refractivity contribution in [2.75, 3.05) is 56.6 Å². The van der Waals surface area contributed by atoms with Gasteiger partial charge in [-0.25, -0.2) is 19.6 Å². The molecule has 664 valence electrons. The van der Waals surface area contributed by atoms with E-state index in [1.807, 2.05) is 6.92 Å². The molecule has 9 aromatic carbocycles. The van der Waals surface area contributed by atoms with Crippen LogP contribution in [0.2, 0.25) is 0 Å². The highest BCUT2D eigenvalue weighted by Crippen LogP contribution is 2.40. The third-order valence-corrected chi connectivity index (χ3v) is 14.5. The number of carbonyl (C=O) groups excluding carboxylic acids is 9. The number of hydrogen-bond acceptors (Lipinski definition) is 37. The minimum atomic E-state index is -1.05. The van der Waals surface area contributed by atoms with Gasteiger partial charge >= 0.3 is 35.7 Å². The number of carbonyl (C=O) groups is 10. The topological polar surface area (TPSA) is 680 Å². The summed E-state index contributed by atoms with van der Waals surface area (Å²) in [5.41, 5.74) is 2.19. The summed E-state index contributed by atoms with van der Waals surface area (Å²) in [6.07, 6.45) is 2.77. The van der Waals surface area contributed by atoms with Crippen molar-refractivity contribution in [3.8, 4) is 92.0 Å². The van der Waals surface area contributed by atoms with Crippen LogP contribution in [0.15, 0.2) is 152 Å². The Kier molecular flexibility index (Phi) is 50.5. The predicted molar refractivity (Wildman–Crippen MR) is 429 cm³/mol. The van der Waals surface area contributed by atoms with E-state index in [1.165, 1.54) is 190 Å². The lowest BCUT2D eigenvalue weighted by molar-refractivity contribution is -0.394. The maximum atomic E-state index is 11.4. The van der Waals surface area contributed by atoms with Gasteiger partial charge in [-0.2, -0.15) is 14.5 Å². The van der Waals surface area contributed by atoms with E-state index in [0.717, 1.165) is 31.9 Å². The molecular weight excluding hydrogens is 1650 g/mol. The molecule has 0 fully saturated rings. The van der Waals surface area contributed by atoms with Crippen LogP contribution in [0.1, 0.15) is 123 Å². The van der Waals surface area contributed by atoms with Crippen LogP contribution in [-0.2, 0) is 33.6 Å². The number of phenols is 9. The van der Waals surface area contributed by atoms with Gasteiger partial charge in [-0.15, -0.1) is 0 Å². The first-order valence-electron chi connectivity index (χ1n) is 34.1. The number of rotatable bonds is 23. The van der Waals surface area contributed by atoms with Gasteiger partial charge in [-0.3, -0.25) is 63.9 Å². The molecule has 0 saturated heterocycles. The number of nitro benzene ring substituents is 3. The molecule has 0 spiro atoms. The average molecular weight is 1740 g/mol. The number of methoxy groups -OCH3 is 7. The monoisotopic (exact) mass is 1740 g/mol. The minimum absolute atomic E-state index is 0.0159. The number of nitrogens with zero attached hydrogens (tertiary/aromatic N) is 3. The normalized spacial score (nSPS) is 9.31. The molecule has 0 aliphatic heterocycles. The number of Topliss-reactive ketones (excluding diaryl/α,β-unsaturated/α-hetero) is 4. The molecule has 0 bridgehead atoms. The highest BCUT2D eigenvalue weighted by molar-refractivity contribution is 6.43. The van der Waals surface area contributed by atoms with Gasteiger partial charge in [-0.05, 0) is 171 Å². The summed E-state index contributed by atoms with van der Waals surface area (Å²) in [6, 6.07) is 32.8. The van der Waals surface area contributed by atoms with Crippen molar-refractivity contribution in [3.05, 3.63) is 238 Å². The second-order valence-corrected chi connectivity index (χ2v) is 23.2. The van der Waals surface area contributed by atoms with E-state index in [-0.39, 0.29) is 121 Å². The standard InChI is InChI=1S/C11H12O4.C10H10O4.C9H10O4.C9H10O3.C8H8O4.C8H8O3.C7H6N2O6.C7H6O3.C6H5NO3.C5H10O4.CO2/c1-6-4-8(11(14)7(2)12)5-9(15-3)10(6)13;1-6(11)10(13)7-3-4-8(12)9(5-7)14-2;1-5-3-6(9(11)12)4-7(13-2)8(5)10;1-6-3-7(5-10)4-8(12-2)9(6)11;1-12-7-4-5(8(10)11)2-3-6(7)9;1-11-8-4-6(5-9)2-3-7(8)10;1-15-7-5(9(13)14)2-4(8(11)12)3-6(7)10;2*8-6-3-1-5(2-4-6)7(9)10;1-2-3-5(6)8-4-9-7;2-1-3/h4-5,13H,1-3H3;3-5,12H,1-2H3;3-4,10H,1-2H3,(H,11,12);3-5,11H,1-2H3;2-4,9H,1H3,(H,10,11);2-5,10H,1H3;2-3,10H,1H3;1-4,8H,(H,9,10);1-4,8H;7H,2-4H2,1H3;. The predicted octanol–water partition coefficient (Wildman–Crippen LogP) is 11.7. The lowest BCUT2D eigenvalue weighted by Crippen LogP contribution is -2.10. The first kappa shape index (κ1) is 109. The molecular formula is C81H85N3O40. The van der Waals surface area contributed by atoms with E-state index in [4.69, 9.17) is 79.0 Å². The Hall–Kier alpha value is -16.8. The molecule has 9 aromatic rings. The quantitative estimate of drug-likeness (QED) is 0.00413. The number of ether oxygens (including phenoxy) is 8. The van der Waals surface area contributed by atoms with Crippen molar-refractivity contribution in [1.82, 2.24) is 0 Å². The summed E-state index contributed by atoms with van der Waals surface area (Å²) in [7, 11) is 9.50. The first-order valence-corrected chi connectivity index (χ1v) is 34.1. The van der Waals surface area contributed by atoms with Crippen LogP contribution >= 0.6 is 0 Å². The third kappa shape index (κ3) is 39.0. The molecule has 0 amide bonds. The number of benzene rings is 9. The van der Waals surface area contributed by atoms with Crippen LogP contribution < -0.4 is 33.2 Å². The molecule has 124 heavy (non-hydrogen) atoms. The van der Waals surface area contributed by atoms with Crippen LogP contribution in [0.25, 0.3) is 0 Å². The SMILES string of the molecule is CCCC(=O)OCOO.COc1c(O)cc([N+](=O)[O-])cc1[N+](=O)[O-].COc1cc(C(=O)C(C)=O)cc(C)c1O.COc1cc(C(=O)C(C)=O)ccc1O.COc1cc(C(=O)O)cc(C)c1O.COc1cc(C(=O)O)ccc1O.COc1cc(C=O)cc(C)c1O.COc1cc(C=O)ccc1O.O=C(O)c1ccc(O)cc1.O=C=O.O=[N+]([O-])c1ccc(O)cc1. The van der Waals surface area contributed by atoms with Gasteiger partial charge in [0.15, 0.2) is 86.3 Å². The number of carboxylic acid groups (broad SMARTS) is 3. The van der Waals surface area contributed by atoms with Gasteiger partial charge in [0, 0.05) is 54.7 Å². The number of esters is 1. The number of ketones is 4. The van der Waals surface area contributed by atoms with Crippen molar-refractivity contribution in [1.29, 1.82) is 0 Å². The number of phenolic OH excluding ortho intramolecular Hbond substituents is 9. The summed E-state index contributed by atoms with van der Waals surface area (Å²) < 4.78 is 37.7. The average Bonchev–Trinajstić information content (AvgIpc) is 0.825. The molecule has 0 aromatic heterocycles. The van der Waals surface area contributed by atoms with Crippen LogP contribution in [0.5, 0.6) is 92.0 Å². The molecule has 9 rings (SSSR count). The maximum absolute atomic E-state index is 11.4. The maximum Gasteiger partial charge on any atom is 0.373 e. The molecule has 0 unspecified atom stereocenters. The summed E-state index contributed by atoms with van der Waals surface area (Å²) >= 11 is 0. The molecule has 13 N–H and O–H groups in total. The minimum Gasteiger partial charge on any atom is -0.508 e. The first-order chi connectivity index (χ1) is 58.3. The molecule has 43 heteroatoms. The fraction of sp³-hybridized carbons (Fsp3) is 0.198. The summed E-state index contributed by atoms with van der Waals surface area (Å²) in [6.45, 7) is 8.85. The van der Waals surface area contributed by atoms with Crippen molar-refractivity contribution in [2.24, 2.45) is 0 Å². The number of non-ortho nitro benzene ring substituents is 2. The van der Waals surface area contributed by atoms with Gasteiger partial charge < -0.3 is 99.2 Å². The second kappa shape index (κ2) is 57.3. The number of aromatic carboxylic acids is 3. The number of hydrogen-bond donors (Lipinski definition) is 13. The Morgan fingerprint density at radius 3 is 1.12 bits per heavy atom. The highest BCUT2D eigenvalue weighted by atomic mass is 17.1. The molecule has 0 aliphatic rings. The van der Waals surface area contributed by atoms with Gasteiger partial charge in [0.25, 0.3) is 11.4 Å².